The maximum absolute atomic E-state index is 5.52. The summed E-state index contributed by atoms with van der Waals surface area (Å²) in [5.74, 6) is 0.918. The van der Waals surface area contributed by atoms with Crippen LogP contribution in [0.3, 0.4) is 0 Å². The molecule has 1 heterocycles. The molecule has 98 valence electrons. The highest BCUT2D eigenvalue weighted by Crippen LogP contribution is 2.12. The Morgan fingerprint density at radius 2 is 2.24 bits per heavy atom. The molecule has 4 heteroatoms. The smallest absolute Gasteiger partial charge is 0.151 e. The average molecular weight is 239 g/mol. The number of aromatic nitrogens is 1. The maximum atomic E-state index is 5.52. The highest BCUT2D eigenvalue weighted by Gasteiger charge is 2.14. The third-order valence-electron chi connectivity index (χ3n) is 3.19. The average Bonchev–Trinajstić information content (AvgIpc) is 2.81. The van der Waals surface area contributed by atoms with Crippen molar-refractivity contribution in [2.45, 2.75) is 59.2 Å². The first-order valence-electron chi connectivity index (χ1n) is 6.59. The molecule has 1 aromatic heterocycles. The second-order valence-corrected chi connectivity index (χ2v) is 4.57. The summed E-state index contributed by atoms with van der Waals surface area (Å²) in [7, 11) is 0. The molecule has 0 fully saturated rings. The Hall–Kier alpha value is -0.870. The molecule has 0 radical (unpaired) electrons. The van der Waals surface area contributed by atoms with Crippen LogP contribution in [0.2, 0.25) is 0 Å². The molecule has 0 saturated heterocycles. The van der Waals surface area contributed by atoms with E-state index in [0.29, 0.717) is 12.6 Å². The first-order valence-corrected chi connectivity index (χ1v) is 6.59. The van der Waals surface area contributed by atoms with E-state index in [2.05, 4.69) is 30.8 Å². The van der Waals surface area contributed by atoms with Gasteiger partial charge in [0, 0.05) is 18.7 Å². The molecule has 0 amide bonds. The second-order valence-electron chi connectivity index (χ2n) is 4.57. The van der Waals surface area contributed by atoms with Gasteiger partial charge in [0.05, 0.1) is 12.2 Å². The van der Waals surface area contributed by atoms with E-state index in [1.807, 2.05) is 6.07 Å². The Morgan fingerprint density at radius 3 is 2.76 bits per heavy atom. The Morgan fingerprint density at radius 1 is 1.47 bits per heavy atom. The van der Waals surface area contributed by atoms with Crippen LogP contribution in [0.15, 0.2) is 10.6 Å². The van der Waals surface area contributed by atoms with Crippen molar-refractivity contribution < 1.29 is 4.52 Å². The summed E-state index contributed by atoms with van der Waals surface area (Å²) >= 11 is 0. The Kier molecular flexibility index (Phi) is 6.22. The van der Waals surface area contributed by atoms with Crippen LogP contribution in [0.4, 0.5) is 0 Å². The van der Waals surface area contributed by atoms with Gasteiger partial charge in [0.15, 0.2) is 5.76 Å². The minimum Gasteiger partial charge on any atom is -0.360 e. The van der Waals surface area contributed by atoms with Crippen LogP contribution in [-0.2, 0) is 13.1 Å². The summed E-state index contributed by atoms with van der Waals surface area (Å²) in [5.41, 5.74) is 6.36. The van der Waals surface area contributed by atoms with Crippen LogP contribution in [0.1, 0.15) is 51.5 Å². The topological polar surface area (TPSA) is 55.3 Å². The van der Waals surface area contributed by atoms with Crippen LogP contribution in [0.25, 0.3) is 0 Å². The monoisotopic (exact) mass is 239 g/mol. The van der Waals surface area contributed by atoms with Crippen molar-refractivity contribution in [1.82, 2.24) is 10.1 Å². The van der Waals surface area contributed by atoms with E-state index in [9.17, 15) is 0 Å². The van der Waals surface area contributed by atoms with Crippen molar-refractivity contribution in [3.05, 3.63) is 17.5 Å². The standard InChI is InChI=1S/C13H25N3O/c1-4-6-7-16(11(3)5-2)10-13-8-12(9-14)15-17-13/h8,11H,4-7,9-10,14H2,1-3H3. The van der Waals surface area contributed by atoms with Gasteiger partial charge in [-0.25, -0.2) is 0 Å². The zero-order valence-corrected chi connectivity index (χ0v) is 11.3. The number of unbranched alkanes of at least 4 members (excludes halogenated alkanes) is 1. The molecule has 0 aliphatic carbocycles. The molecule has 0 bridgehead atoms. The van der Waals surface area contributed by atoms with E-state index in [-0.39, 0.29) is 0 Å². The first-order chi connectivity index (χ1) is 8.21. The molecule has 1 atom stereocenters. The molecule has 1 rings (SSSR count). The highest BCUT2D eigenvalue weighted by molar-refractivity contribution is 5.04. The first kappa shape index (κ1) is 14.2. The summed E-state index contributed by atoms with van der Waals surface area (Å²) < 4.78 is 5.29. The van der Waals surface area contributed by atoms with E-state index in [0.717, 1.165) is 31.0 Å². The molecule has 0 saturated carbocycles. The predicted octanol–water partition coefficient (Wildman–Crippen LogP) is 2.53. The van der Waals surface area contributed by atoms with Gasteiger partial charge in [-0.2, -0.15) is 0 Å². The van der Waals surface area contributed by atoms with Crippen molar-refractivity contribution in [3.8, 4) is 0 Å². The molecular formula is C13H25N3O. The number of hydrogen-bond acceptors (Lipinski definition) is 4. The zero-order valence-electron chi connectivity index (χ0n) is 11.3. The molecular weight excluding hydrogens is 214 g/mol. The fourth-order valence-electron chi connectivity index (χ4n) is 1.80. The summed E-state index contributed by atoms with van der Waals surface area (Å²) in [6.07, 6.45) is 3.60. The van der Waals surface area contributed by atoms with Crippen molar-refractivity contribution >= 4 is 0 Å². The van der Waals surface area contributed by atoms with Crippen molar-refractivity contribution in [2.24, 2.45) is 5.73 Å². The number of hydrogen-bond donors (Lipinski definition) is 1. The second kappa shape index (κ2) is 7.45. The summed E-state index contributed by atoms with van der Waals surface area (Å²) in [4.78, 5) is 2.45. The quantitative estimate of drug-likeness (QED) is 0.757. The molecule has 0 aliphatic rings. The Bertz CT molecular complexity index is 311. The molecule has 0 spiro atoms. The Labute approximate surface area is 104 Å². The summed E-state index contributed by atoms with van der Waals surface area (Å²) in [5, 5.41) is 3.93. The third-order valence-corrected chi connectivity index (χ3v) is 3.19. The zero-order chi connectivity index (χ0) is 12.7. The van der Waals surface area contributed by atoms with E-state index < -0.39 is 0 Å². The molecule has 4 nitrogen and oxygen atoms in total. The lowest BCUT2D eigenvalue weighted by Crippen LogP contribution is -2.32. The van der Waals surface area contributed by atoms with Crippen molar-refractivity contribution in [3.63, 3.8) is 0 Å². The number of nitrogens with zero attached hydrogens (tertiary/aromatic N) is 2. The van der Waals surface area contributed by atoms with Gasteiger partial charge in [-0.15, -0.1) is 0 Å². The van der Waals surface area contributed by atoms with E-state index in [1.54, 1.807) is 0 Å². The van der Waals surface area contributed by atoms with Crippen LogP contribution in [0.5, 0.6) is 0 Å². The predicted molar refractivity (Wildman–Crippen MR) is 69.5 cm³/mol. The molecule has 17 heavy (non-hydrogen) atoms. The lowest BCUT2D eigenvalue weighted by molar-refractivity contribution is 0.171. The Balaban J connectivity index is 2.57. The highest BCUT2D eigenvalue weighted by atomic mass is 16.5. The molecule has 1 aromatic rings. The minimum absolute atomic E-state index is 0.446. The number of rotatable bonds is 8. The van der Waals surface area contributed by atoms with Crippen LogP contribution >= 0.6 is 0 Å². The lowest BCUT2D eigenvalue weighted by atomic mass is 10.2. The normalized spacial score (nSPS) is 13.2. The van der Waals surface area contributed by atoms with Gasteiger partial charge in [-0.3, -0.25) is 4.90 Å². The van der Waals surface area contributed by atoms with Crippen molar-refractivity contribution in [1.29, 1.82) is 0 Å². The minimum atomic E-state index is 0.446. The number of nitrogens with two attached hydrogens (primary N) is 1. The van der Waals surface area contributed by atoms with Gasteiger partial charge in [-0.1, -0.05) is 25.4 Å². The lowest BCUT2D eigenvalue weighted by Gasteiger charge is -2.27. The van der Waals surface area contributed by atoms with E-state index in [4.69, 9.17) is 10.3 Å². The van der Waals surface area contributed by atoms with Gasteiger partial charge in [0.25, 0.3) is 0 Å². The van der Waals surface area contributed by atoms with Crippen LogP contribution < -0.4 is 5.73 Å². The third kappa shape index (κ3) is 4.48. The van der Waals surface area contributed by atoms with Gasteiger partial charge in [-0.05, 0) is 26.3 Å². The summed E-state index contributed by atoms with van der Waals surface area (Å²) in [6.45, 7) is 9.09. The van der Waals surface area contributed by atoms with Crippen molar-refractivity contribution in [2.75, 3.05) is 6.54 Å². The fourth-order valence-corrected chi connectivity index (χ4v) is 1.80. The van der Waals surface area contributed by atoms with Gasteiger partial charge < -0.3 is 10.3 Å². The molecule has 2 N–H and O–H groups in total. The fraction of sp³-hybridized carbons (Fsp3) is 0.769. The van der Waals surface area contributed by atoms with Crippen LogP contribution in [0, 0.1) is 0 Å². The molecule has 1 unspecified atom stereocenters. The summed E-state index contributed by atoms with van der Waals surface area (Å²) in [6, 6.07) is 2.54. The van der Waals surface area contributed by atoms with Crippen LogP contribution in [-0.4, -0.2) is 22.6 Å². The van der Waals surface area contributed by atoms with Gasteiger partial charge in [0.2, 0.25) is 0 Å². The molecule has 0 aliphatic heterocycles. The molecule has 0 aromatic carbocycles. The van der Waals surface area contributed by atoms with Gasteiger partial charge >= 0.3 is 0 Å². The maximum Gasteiger partial charge on any atom is 0.151 e. The SMILES string of the molecule is CCCCN(Cc1cc(CN)no1)C(C)CC. The van der Waals surface area contributed by atoms with E-state index in [1.165, 1.54) is 12.8 Å². The van der Waals surface area contributed by atoms with Gasteiger partial charge in [0.1, 0.15) is 0 Å². The largest absolute Gasteiger partial charge is 0.360 e. The van der Waals surface area contributed by atoms with E-state index >= 15 is 0 Å².